The SMILES string of the molecule is Cc1ncc(-c2ccc3cnc(NC(=O)C4CCC(N(C)CC(F)F)CC4)cc3n2)o1. The molecule has 164 valence electrons. The van der Waals surface area contributed by atoms with Gasteiger partial charge in [0.05, 0.1) is 18.3 Å². The van der Waals surface area contributed by atoms with Crippen LogP contribution in [0.5, 0.6) is 0 Å². The van der Waals surface area contributed by atoms with E-state index in [-0.39, 0.29) is 24.4 Å². The Labute approximate surface area is 178 Å². The summed E-state index contributed by atoms with van der Waals surface area (Å²) in [6.07, 6.45) is 3.76. The monoisotopic (exact) mass is 429 g/mol. The Kier molecular flexibility index (Phi) is 6.22. The minimum Gasteiger partial charge on any atom is -0.439 e. The Morgan fingerprint density at radius 2 is 2.00 bits per heavy atom. The molecule has 4 rings (SSSR count). The van der Waals surface area contributed by atoms with Gasteiger partial charge in [-0.3, -0.25) is 9.69 Å². The average molecular weight is 429 g/mol. The van der Waals surface area contributed by atoms with Crippen molar-refractivity contribution in [1.29, 1.82) is 0 Å². The van der Waals surface area contributed by atoms with Crippen molar-refractivity contribution in [3.63, 3.8) is 0 Å². The zero-order chi connectivity index (χ0) is 22.0. The number of fused-ring (bicyclic) bond motifs is 1. The van der Waals surface area contributed by atoms with Gasteiger partial charge in [-0.25, -0.2) is 23.7 Å². The number of anilines is 1. The van der Waals surface area contributed by atoms with Gasteiger partial charge in [-0.05, 0) is 44.9 Å². The Hall–Kier alpha value is -2.94. The first-order valence-electron chi connectivity index (χ1n) is 10.4. The van der Waals surface area contributed by atoms with Crippen molar-refractivity contribution in [1.82, 2.24) is 19.9 Å². The van der Waals surface area contributed by atoms with Crippen molar-refractivity contribution in [2.24, 2.45) is 5.92 Å². The van der Waals surface area contributed by atoms with Crippen molar-refractivity contribution in [2.45, 2.75) is 45.1 Å². The number of carbonyl (C=O) groups is 1. The molecule has 0 unspecified atom stereocenters. The van der Waals surface area contributed by atoms with E-state index in [0.717, 1.165) is 18.2 Å². The molecule has 3 heterocycles. The molecular formula is C22H25F2N5O2. The maximum absolute atomic E-state index is 12.7. The first-order valence-corrected chi connectivity index (χ1v) is 10.4. The van der Waals surface area contributed by atoms with E-state index in [2.05, 4.69) is 20.3 Å². The number of halogens is 2. The van der Waals surface area contributed by atoms with Crippen LogP contribution in [-0.4, -0.2) is 51.8 Å². The standard InChI is InChI=1S/C22H25F2N5O2/c1-13-25-11-19(31-13)17-8-5-15-10-26-21(9-18(15)27-17)28-22(30)14-3-6-16(7-4-14)29(2)12-20(23)24/h5,8-11,14,16,20H,3-4,6-7,12H2,1-2H3,(H,26,28,30). The van der Waals surface area contributed by atoms with E-state index in [1.54, 1.807) is 37.3 Å². The zero-order valence-corrected chi connectivity index (χ0v) is 17.5. The fourth-order valence-electron chi connectivity index (χ4n) is 4.08. The second-order valence-electron chi connectivity index (χ2n) is 8.03. The highest BCUT2D eigenvalue weighted by molar-refractivity contribution is 5.93. The Balaban J connectivity index is 1.41. The summed E-state index contributed by atoms with van der Waals surface area (Å²) in [6.45, 7) is 1.54. The number of aryl methyl sites for hydroxylation is 1. The number of alkyl halides is 2. The lowest BCUT2D eigenvalue weighted by Gasteiger charge is -2.33. The molecule has 1 aliphatic rings. The number of amides is 1. The molecule has 1 aliphatic carbocycles. The quantitative estimate of drug-likeness (QED) is 0.629. The van der Waals surface area contributed by atoms with Gasteiger partial charge in [0.1, 0.15) is 11.5 Å². The van der Waals surface area contributed by atoms with Crippen LogP contribution in [0.2, 0.25) is 0 Å². The molecule has 1 amide bonds. The van der Waals surface area contributed by atoms with Crippen LogP contribution >= 0.6 is 0 Å². The van der Waals surface area contributed by atoms with E-state index in [4.69, 9.17) is 4.42 Å². The Bertz CT molecular complexity index is 1060. The van der Waals surface area contributed by atoms with Gasteiger partial charge in [-0.1, -0.05) is 0 Å². The molecule has 0 spiro atoms. The molecule has 0 aliphatic heterocycles. The van der Waals surface area contributed by atoms with E-state index < -0.39 is 6.43 Å². The summed E-state index contributed by atoms with van der Waals surface area (Å²) in [6, 6.07) is 5.57. The summed E-state index contributed by atoms with van der Waals surface area (Å²) in [5, 5.41) is 3.73. The number of oxazole rings is 1. The van der Waals surface area contributed by atoms with Crippen molar-refractivity contribution < 1.29 is 18.0 Å². The van der Waals surface area contributed by atoms with Crippen LogP contribution < -0.4 is 5.32 Å². The average Bonchev–Trinajstić information content (AvgIpc) is 3.19. The van der Waals surface area contributed by atoms with Crippen LogP contribution in [-0.2, 0) is 4.79 Å². The summed E-state index contributed by atoms with van der Waals surface area (Å²) < 4.78 is 30.7. The van der Waals surface area contributed by atoms with E-state index in [0.29, 0.717) is 41.5 Å². The van der Waals surface area contributed by atoms with Gasteiger partial charge in [0.2, 0.25) is 5.91 Å². The number of pyridine rings is 2. The summed E-state index contributed by atoms with van der Waals surface area (Å²) >= 11 is 0. The van der Waals surface area contributed by atoms with Gasteiger partial charge in [0.25, 0.3) is 6.43 Å². The van der Waals surface area contributed by atoms with E-state index in [1.807, 2.05) is 12.1 Å². The summed E-state index contributed by atoms with van der Waals surface area (Å²) in [5.74, 6) is 1.34. The van der Waals surface area contributed by atoms with Crippen molar-refractivity contribution >= 4 is 22.6 Å². The maximum atomic E-state index is 12.7. The highest BCUT2D eigenvalue weighted by atomic mass is 19.3. The van der Waals surface area contributed by atoms with Gasteiger partial charge in [-0.2, -0.15) is 0 Å². The lowest BCUT2D eigenvalue weighted by atomic mass is 9.85. The third-order valence-corrected chi connectivity index (χ3v) is 5.82. The molecule has 1 N–H and O–H groups in total. The molecular weight excluding hydrogens is 404 g/mol. The summed E-state index contributed by atoms with van der Waals surface area (Å²) in [4.78, 5) is 27.4. The molecule has 0 atom stereocenters. The minimum absolute atomic E-state index is 0.0937. The largest absolute Gasteiger partial charge is 0.439 e. The van der Waals surface area contributed by atoms with Crippen LogP contribution in [0.25, 0.3) is 22.4 Å². The second kappa shape index (κ2) is 9.05. The zero-order valence-electron chi connectivity index (χ0n) is 17.5. The molecule has 1 saturated carbocycles. The number of nitrogens with one attached hydrogen (secondary N) is 1. The number of hydrogen-bond acceptors (Lipinski definition) is 6. The Morgan fingerprint density at radius 3 is 2.68 bits per heavy atom. The van der Waals surface area contributed by atoms with Crippen molar-refractivity contribution in [2.75, 3.05) is 18.9 Å². The molecule has 3 aromatic heterocycles. The highest BCUT2D eigenvalue weighted by Crippen LogP contribution is 2.29. The normalized spacial score (nSPS) is 19.3. The molecule has 31 heavy (non-hydrogen) atoms. The highest BCUT2D eigenvalue weighted by Gasteiger charge is 2.29. The maximum Gasteiger partial charge on any atom is 0.251 e. The fourth-order valence-corrected chi connectivity index (χ4v) is 4.08. The number of hydrogen-bond donors (Lipinski definition) is 1. The number of nitrogens with zero attached hydrogens (tertiary/aromatic N) is 4. The number of rotatable bonds is 6. The first-order chi connectivity index (χ1) is 14.9. The molecule has 0 aromatic carbocycles. The van der Waals surface area contributed by atoms with Crippen molar-refractivity contribution in [3.05, 3.63) is 36.5 Å². The summed E-state index contributed by atoms with van der Waals surface area (Å²) in [7, 11) is 1.72. The minimum atomic E-state index is -2.34. The lowest BCUT2D eigenvalue weighted by molar-refractivity contribution is -0.121. The molecule has 0 radical (unpaired) electrons. The first kappa shape index (κ1) is 21.3. The lowest BCUT2D eigenvalue weighted by Crippen LogP contribution is -2.39. The molecule has 0 bridgehead atoms. The predicted octanol–water partition coefficient (Wildman–Crippen LogP) is 4.29. The third-order valence-electron chi connectivity index (χ3n) is 5.82. The van der Waals surface area contributed by atoms with Gasteiger partial charge < -0.3 is 9.73 Å². The van der Waals surface area contributed by atoms with Gasteiger partial charge in [-0.15, -0.1) is 0 Å². The Morgan fingerprint density at radius 1 is 1.23 bits per heavy atom. The van der Waals surface area contributed by atoms with Crippen molar-refractivity contribution in [3.8, 4) is 11.5 Å². The van der Waals surface area contributed by atoms with E-state index in [9.17, 15) is 13.6 Å². The van der Waals surface area contributed by atoms with E-state index in [1.165, 1.54) is 0 Å². The number of aromatic nitrogens is 3. The number of carbonyl (C=O) groups excluding carboxylic acids is 1. The summed E-state index contributed by atoms with van der Waals surface area (Å²) in [5.41, 5.74) is 1.34. The molecule has 0 saturated heterocycles. The van der Waals surface area contributed by atoms with Gasteiger partial charge in [0, 0.05) is 36.5 Å². The molecule has 7 nitrogen and oxygen atoms in total. The van der Waals surface area contributed by atoms with Crippen LogP contribution in [0.4, 0.5) is 14.6 Å². The third kappa shape index (κ3) is 5.04. The van der Waals surface area contributed by atoms with E-state index >= 15 is 0 Å². The molecule has 1 fully saturated rings. The molecule has 3 aromatic rings. The second-order valence-corrected chi connectivity index (χ2v) is 8.03. The predicted molar refractivity (Wildman–Crippen MR) is 113 cm³/mol. The van der Waals surface area contributed by atoms with Crippen LogP contribution in [0.15, 0.2) is 35.0 Å². The topological polar surface area (TPSA) is 84.2 Å². The van der Waals surface area contributed by atoms with Crippen LogP contribution in [0.3, 0.4) is 0 Å². The van der Waals surface area contributed by atoms with Crippen LogP contribution in [0.1, 0.15) is 31.6 Å². The van der Waals surface area contributed by atoms with Gasteiger partial charge in [0.15, 0.2) is 11.7 Å². The van der Waals surface area contributed by atoms with Crippen LogP contribution in [0, 0.1) is 12.8 Å². The molecule has 9 heteroatoms. The smallest absolute Gasteiger partial charge is 0.251 e. The fraction of sp³-hybridized carbons (Fsp3) is 0.455. The van der Waals surface area contributed by atoms with Gasteiger partial charge >= 0.3 is 0 Å².